The van der Waals surface area contributed by atoms with E-state index in [0.29, 0.717) is 11.0 Å². The smallest absolute Gasteiger partial charge is 0.234 e. The molecule has 0 aliphatic heterocycles. The summed E-state index contributed by atoms with van der Waals surface area (Å²) in [5.74, 6) is -0.707. The van der Waals surface area contributed by atoms with Gasteiger partial charge in [-0.2, -0.15) is 0 Å². The molecule has 0 radical (unpaired) electrons. The third-order valence-electron chi connectivity index (χ3n) is 2.04. The van der Waals surface area contributed by atoms with E-state index in [9.17, 15) is 9.18 Å². The summed E-state index contributed by atoms with van der Waals surface area (Å²) in [5.41, 5.74) is 5.97. The van der Waals surface area contributed by atoms with Crippen molar-refractivity contribution in [3.05, 3.63) is 34.1 Å². The van der Waals surface area contributed by atoms with Crippen LogP contribution >= 0.6 is 15.9 Å². The Morgan fingerprint density at radius 1 is 1.67 bits per heavy atom. The van der Waals surface area contributed by atoms with Gasteiger partial charge in [0, 0.05) is 11.0 Å². The number of rotatable bonds is 4. The first-order chi connectivity index (χ1) is 7.00. The van der Waals surface area contributed by atoms with Crippen LogP contribution < -0.4 is 11.1 Å². The third kappa shape index (κ3) is 3.60. The maximum Gasteiger partial charge on any atom is 0.234 e. The molecule has 1 aromatic carbocycles. The average molecular weight is 275 g/mol. The molecule has 0 aliphatic carbocycles. The second-order valence-electron chi connectivity index (χ2n) is 3.24. The summed E-state index contributed by atoms with van der Waals surface area (Å²) in [5, 5.41) is 2.93. The molecule has 82 valence electrons. The van der Waals surface area contributed by atoms with Crippen LogP contribution in [0, 0.1) is 5.82 Å². The number of halogens is 2. The van der Waals surface area contributed by atoms with E-state index in [1.165, 1.54) is 12.1 Å². The molecule has 0 spiro atoms. The van der Waals surface area contributed by atoms with Crippen molar-refractivity contribution in [2.24, 2.45) is 5.73 Å². The fourth-order valence-electron chi connectivity index (χ4n) is 1.03. The van der Waals surface area contributed by atoms with Gasteiger partial charge in [0.15, 0.2) is 0 Å². The van der Waals surface area contributed by atoms with Crippen LogP contribution in [0.15, 0.2) is 22.7 Å². The number of nitrogens with two attached hydrogens (primary N) is 1. The summed E-state index contributed by atoms with van der Waals surface area (Å²) in [6.45, 7) is 2.14. The van der Waals surface area contributed by atoms with Crippen LogP contribution in [0.2, 0.25) is 0 Å². The predicted octanol–water partition coefficient (Wildman–Crippen LogP) is 1.55. The summed E-state index contributed by atoms with van der Waals surface area (Å²) in [4.78, 5) is 10.7. The highest BCUT2D eigenvalue weighted by Crippen LogP contribution is 2.17. The van der Waals surface area contributed by atoms with Crippen molar-refractivity contribution in [2.45, 2.75) is 19.5 Å². The normalized spacial score (nSPS) is 12.5. The first kappa shape index (κ1) is 12.1. The Balaban J connectivity index is 2.62. The molecule has 0 saturated heterocycles. The van der Waals surface area contributed by atoms with E-state index in [1.807, 2.05) is 0 Å². The van der Waals surface area contributed by atoms with Gasteiger partial charge in [0.25, 0.3) is 0 Å². The summed E-state index contributed by atoms with van der Waals surface area (Å²) < 4.78 is 13.4. The van der Waals surface area contributed by atoms with E-state index in [4.69, 9.17) is 5.73 Å². The molecule has 0 fully saturated rings. The van der Waals surface area contributed by atoms with Crippen LogP contribution in [0.3, 0.4) is 0 Å². The van der Waals surface area contributed by atoms with Crippen molar-refractivity contribution in [2.75, 3.05) is 0 Å². The average Bonchev–Trinajstić information content (AvgIpc) is 2.15. The van der Waals surface area contributed by atoms with Crippen molar-refractivity contribution in [1.82, 2.24) is 5.32 Å². The highest BCUT2D eigenvalue weighted by atomic mass is 79.9. The van der Waals surface area contributed by atoms with E-state index in [0.717, 1.165) is 5.56 Å². The number of amides is 1. The minimum absolute atomic E-state index is 0.298. The molecule has 15 heavy (non-hydrogen) atoms. The SMILES string of the molecule is C[C@H](NCc1ccc(F)cc1Br)C(N)=O. The molecule has 3 N–H and O–H groups in total. The molecular formula is C10H12BrFN2O. The first-order valence-electron chi connectivity index (χ1n) is 4.47. The molecule has 1 atom stereocenters. The molecule has 1 rings (SSSR count). The largest absolute Gasteiger partial charge is 0.368 e. The summed E-state index contributed by atoms with van der Waals surface area (Å²) in [6.07, 6.45) is 0. The van der Waals surface area contributed by atoms with Crippen LogP contribution in [0.1, 0.15) is 12.5 Å². The Bertz CT molecular complexity index is 370. The Labute approximate surface area is 96.0 Å². The lowest BCUT2D eigenvalue weighted by Gasteiger charge is -2.10. The minimum Gasteiger partial charge on any atom is -0.368 e. The number of primary amides is 1. The molecule has 5 heteroatoms. The van der Waals surface area contributed by atoms with E-state index < -0.39 is 11.9 Å². The lowest BCUT2D eigenvalue weighted by molar-refractivity contribution is -0.119. The molecule has 0 heterocycles. The number of hydrogen-bond acceptors (Lipinski definition) is 2. The van der Waals surface area contributed by atoms with Crippen molar-refractivity contribution >= 4 is 21.8 Å². The Kier molecular flexibility index (Phi) is 4.23. The molecule has 0 saturated carbocycles. The molecule has 0 unspecified atom stereocenters. The summed E-state index contributed by atoms with van der Waals surface area (Å²) in [6, 6.07) is 4.00. The standard InChI is InChI=1S/C10H12BrFN2O/c1-6(10(13)15)14-5-7-2-3-8(12)4-9(7)11/h2-4,6,14H,5H2,1H3,(H2,13,15)/t6-/m0/s1. The van der Waals surface area contributed by atoms with Gasteiger partial charge in [-0.05, 0) is 24.6 Å². The van der Waals surface area contributed by atoms with E-state index >= 15 is 0 Å². The van der Waals surface area contributed by atoms with Gasteiger partial charge < -0.3 is 11.1 Å². The molecular weight excluding hydrogens is 263 g/mol. The first-order valence-corrected chi connectivity index (χ1v) is 5.26. The lowest BCUT2D eigenvalue weighted by Crippen LogP contribution is -2.38. The maximum absolute atomic E-state index is 12.8. The van der Waals surface area contributed by atoms with Crippen LogP contribution in [0.25, 0.3) is 0 Å². The molecule has 0 bridgehead atoms. The maximum atomic E-state index is 12.8. The second-order valence-corrected chi connectivity index (χ2v) is 4.10. The zero-order valence-electron chi connectivity index (χ0n) is 8.26. The van der Waals surface area contributed by atoms with Crippen molar-refractivity contribution < 1.29 is 9.18 Å². The van der Waals surface area contributed by atoms with Crippen LogP contribution in [0.4, 0.5) is 4.39 Å². The summed E-state index contributed by atoms with van der Waals surface area (Å²) >= 11 is 3.24. The zero-order chi connectivity index (χ0) is 11.4. The van der Waals surface area contributed by atoms with Crippen LogP contribution in [0.5, 0.6) is 0 Å². The topological polar surface area (TPSA) is 55.1 Å². The lowest BCUT2D eigenvalue weighted by atomic mass is 10.2. The fourth-order valence-corrected chi connectivity index (χ4v) is 1.52. The molecule has 0 aromatic heterocycles. The van der Waals surface area contributed by atoms with Crippen LogP contribution in [-0.2, 0) is 11.3 Å². The Morgan fingerprint density at radius 2 is 2.33 bits per heavy atom. The second kappa shape index (κ2) is 5.23. The molecule has 0 aliphatic rings. The van der Waals surface area contributed by atoms with Gasteiger partial charge in [0.05, 0.1) is 6.04 Å². The van der Waals surface area contributed by atoms with Gasteiger partial charge >= 0.3 is 0 Å². The van der Waals surface area contributed by atoms with E-state index in [-0.39, 0.29) is 5.82 Å². The van der Waals surface area contributed by atoms with Gasteiger partial charge in [0.1, 0.15) is 5.82 Å². The van der Waals surface area contributed by atoms with Gasteiger partial charge in [0.2, 0.25) is 5.91 Å². The number of carbonyl (C=O) groups excluding carboxylic acids is 1. The molecule has 1 amide bonds. The van der Waals surface area contributed by atoms with E-state index in [2.05, 4.69) is 21.2 Å². The monoisotopic (exact) mass is 274 g/mol. The molecule has 1 aromatic rings. The number of nitrogens with one attached hydrogen (secondary N) is 1. The third-order valence-corrected chi connectivity index (χ3v) is 2.78. The quantitative estimate of drug-likeness (QED) is 0.876. The van der Waals surface area contributed by atoms with Crippen molar-refractivity contribution in [3.8, 4) is 0 Å². The van der Waals surface area contributed by atoms with Crippen molar-refractivity contribution in [1.29, 1.82) is 0 Å². The minimum atomic E-state index is -0.409. The highest BCUT2D eigenvalue weighted by molar-refractivity contribution is 9.10. The van der Waals surface area contributed by atoms with Crippen molar-refractivity contribution in [3.63, 3.8) is 0 Å². The van der Waals surface area contributed by atoms with Gasteiger partial charge in [-0.15, -0.1) is 0 Å². The summed E-state index contributed by atoms with van der Waals surface area (Å²) in [7, 11) is 0. The fraction of sp³-hybridized carbons (Fsp3) is 0.300. The Hall–Kier alpha value is -0.940. The van der Waals surface area contributed by atoms with E-state index in [1.54, 1.807) is 13.0 Å². The number of carbonyl (C=O) groups is 1. The highest BCUT2D eigenvalue weighted by Gasteiger charge is 2.08. The molecule has 3 nitrogen and oxygen atoms in total. The Morgan fingerprint density at radius 3 is 2.87 bits per heavy atom. The predicted molar refractivity (Wildman–Crippen MR) is 59.6 cm³/mol. The van der Waals surface area contributed by atoms with Gasteiger partial charge in [-0.25, -0.2) is 4.39 Å². The van der Waals surface area contributed by atoms with Gasteiger partial charge in [-0.3, -0.25) is 4.79 Å². The number of benzene rings is 1. The van der Waals surface area contributed by atoms with Crippen LogP contribution in [-0.4, -0.2) is 11.9 Å². The number of hydrogen-bond donors (Lipinski definition) is 2. The van der Waals surface area contributed by atoms with Gasteiger partial charge in [-0.1, -0.05) is 22.0 Å². The zero-order valence-corrected chi connectivity index (χ0v) is 9.84.